The summed E-state index contributed by atoms with van der Waals surface area (Å²) in [6, 6.07) is 0. The Bertz CT molecular complexity index is 2300. The Morgan fingerprint density at radius 3 is 0.948 bits per heavy atom. The molecule has 0 aromatic heterocycles. The third-order valence-corrected chi connectivity index (χ3v) is 16.9. The standard InChI is InChI=1S/C77H130O17P2/c1-5-9-13-17-21-25-29-32-34-35-37-40-43-46-50-54-58-62-75(80)88-68-73(94-77(82)64-60-56-52-48-44-38-31-27-23-19-15-11-7-3)70-92-96(85,86)90-66-71(78)65-89-95(83,84)91-69-72(93-76(81)63-59-55-51-47-41-28-24-20-16-12-8-4)67-87-74(79)61-57-53-49-45-42-39-36-33-30-26-22-18-14-10-6-2/h9-10,13-14,21-22,25-27,31-34,36-37,40,42,45,53,57,71-73,78H,5-8,11-12,15-20,23-24,28-30,35,38-39,41,43-44,46-52,54-56,58-70H2,1-4H3,(H,83,84)(H,85,86)/b13-9-,14-10-,25-21-,26-22-,31-27-,34-32-,36-33-,40-37-,45-42-,57-53-. The molecule has 0 radical (unpaired) electrons. The van der Waals surface area contributed by atoms with Crippen LogP contribution in [0.5, 0.6) is 0 Å². The van der Waals surface area contributed by atoms with Gasteiger partial charge in [-0.05, 0) is 116 Å². The Kier molecular flexibility index (Phi) is 65.7. The van der Waals surface area contributed by atoms with Gasteiger partial charge in [-0.1, -0.05) is 265 Å². The molecule has 0 aromatic carbocycles. The number of unbranched alkanes of at least 4 members (excludes halogenated alkanes) is 23. The Labute approximate surface area is 581 Å². The molecule has 5 unspecified atom stereocenters. The van der Waals surface area contributed by atoms with Crippen LogP contribution in [0, 0.1) is 0 Å². The van der Waals surface area contributed by atoms with E-state index in [9.17, 15) is 43.2 Å². The van der Waals surface area contributed by atoms with E-state index in [1.54, 1.807) is 6.08 Å². The highest BCUT2D eigenvalue weighted by atomic mass is 31.2. The molecule has 0 spiro atoms. The lowest BCUT2D eigenvalue weighted by Crippen LogP contribution is -2.30. The lowest BCUT2D eigenvalue weighted by atomic mass is 10.1. The van der Waals surface area contributed by atoms with Crippen molar-refractivity contribution >= 4 is 39.5 Å². The summed E-state index contributed by atoms with van der Waals surface area (Å²) >= 11 is 0. The van der Waals surface area contributed by atoms with Crippen molar-refractivity contribution in [2.24, 2.45) is 0 Å². The minimum absolute atomic E-state index is 0.0710. The van der Waals surface area contributed by atoms with Crippen molar-refractivity contribution in [3.8, 4) is 0 Å². The zero-order chi connectivity index (χ0) is 70.4. The van der Waals surface area contributed by atoms with Gasteiger partial charge in [-0.25, -0.2) is 9.13 Å². The molecule has 0 amide bonds. The summed E-state index contributed by atoms with van der Waals surface area (Å²) in [4.78, 5) is 72.6. The molecular formula is C77H130O17P2. The minimum atomic E-state index is -4.99. The number of hydrogen-bond acceptors (Lipinski definition) is 15. The van der Waals surface area contributed by atoms with Gasteiger partial charge in [-0.15, -0.1) is 0 Å². The highest BCUT2D eigenvalue weighted by Gasteiger charge is 2.30. The molecule has 5 atom stereocenters. The van der Waals surface area contributed by atoms with E-state index < -0.39 is 97.5 Å². The van der Waals surface area contributed by atoms with Crippen molar-refractivity contribution in [1.82, 2.24) is 0 Å². The first-order valence-corrected chi connectivity index (χ1v) is 39.8. The van der Waals surface area contributed by atoms with Crippen LogP contribution in [0.2, 0.25) is 0 Å². The fourth-order valence-electron chi connectivity index (χ4n) is 9.40. The number of phosphoric ester groups is 2. The summed E-state index contributed by atoms with van der Waals surface area (Å²) in [6.45, 7) is 4.46. The van der Waals surface area contributed by atoms with Gasteiger partial charge in [0.25, 0.3) is 0 Å². The quantitative estimate of drug-likeness (QED) is 0.0169. The number of aliphatic hydroxyl groups is 1. The maximum absolute atomic E-state index is 13.0. The van der Waals surface area contributed by atoms with Gasteiger partial charge in [0.1, 0.15) is 19.3 Å². The van der Waals surface area contributed by atoms with Crippen molar-refractivity contribution in [2.75, 3.05) is 39.6 Å². The first kappa shape index (κ1) is 91.5. The van der Waals surface area contributed by atoms with E-state index in [0.717, 1.165) is 141 Å². The molecule has 0 saturated heterocycles. The molecule has 3 N–H and O–H groups in total. The fourth-order valence-corrected chi connectivity index (χ4v) is 11.0. The average Bonchev–Trinajstić information content (AvgIpc) is 1.10. The summed E-state index contributed by atoms with van der Waals surface area (Å²) in [5.41, 5.74) is 0. The van der Waals surface area contributed by atoms with Gasteiger partial charge in [0.2, 0.25) is 0 Å². The van der Waals surface area contributed by atoms with Crippen LogP contribution in [-0.4, -0.2) is 96.7 Å². The topological polar surface area (TPSA) is 237 Å². The molecule has 0 aromatic rings. The number of allylic oxidation sites excluding steroid dienone is 19. The number of aliphatic hydroxyl groups excluding tert-OH is 1. The number of ether oxygens (including phenoxy) is 4. The number of carbonyl (C=O) groups excluding carboxylic acids is 4. The normalized spacial score (nSPS) is 14.7. The predicted octanol–water partition coefficient (Wildman–Crippen LogP) is 20.8. The van der Waals surface area contributed by atoms with E-state index >= 15 is 0 Å². The molecule has 17 nitrogen and oxygen atoms in total. The van der Waals surface area contributed by atoms with E-state index in [-0.39, 0.29) is 25.7 Å². The number of hydrogen-bond donors (Lipinski definition) is 3. The molecule has 0 bridgehead atoms. The van der Waals surface area contributed by atoms with E-state index in [4.69, 9.17) is 37.0 Å². The van der Waals surface area contributed by atoms with Crippen molar-refractivity contribution in [2.45, 2.75) is 303 Å². The lowest BCUT2D eigenvalue weighted by molar-refractivity contribution is -0.161. The molecule has 96 heavy (non-hydrogen) atoms. The minimum Gasteiger partial charge on any atom is -0.462 e. The second-order valence-electron chi connectivity index (χ2n) is 24.1. The van der Waals surface area contributed by atoms with Crippen molar-refractivity contribution in [3.63, 3.8) is 0 Å². The molecule has 550 valence electrons. The Morgan fingerprint density at radius 1 is 0.312 bits per heavy atom. The average molecular weight is 1390 g/mol. The van der Waals surface area contributed by atoms with Gasteiger partial charge >= 0.3 is 39.5 Å². The Hall–Kier alpha value is -4.54. The van der Waals surface area contributed by atoms with Crippen LogP contribution < -0.4 is 0 Å². The summed E-state index contributed by atoms with van der Waals surface area (Å²) in [7, 11) is -9.97. The van der Waals surface area contributed by atoms with Crippen LogP contribution in [0.1, 0.15) is 285 Å². The zero-order valence-electron chi connectivity index (χ0n) is 59.8. The molecule has 0 heterocycles. The molecule has 0 rings (SSSR count). The predicted molar refractivity (Wildman–Crippen MR) is 390 cm³/mol. The third kappa shape index (κ3) is 68.0. The smallest absolute Gasteiger partial charge is 0.462 e. The molecule has 0 aliphatic carbocycles. The summed E-state index contributed by atoms with van der Waals surface area (Å²) in [5.74, 6) is -2.36. The van der Waals surface area contributed by atoms with E-state index in [1.807, 2.05) is 18.2 Å². The van der Waals surface area contributed by atoms with Gasteiger partial charge < -0.3 is 33.8 Å². The monoisotopic (exact) mass is 1390 g/mol. The molecule has 0 aliphatic rings. The highest BCUT2D eigenvalue weighted by Crippen LogP contribution is 2.45. The van der Waals surface area contributed by atoms with Crippen LogP contribution in [0.4, 0.5) is 0 Å². The van der Waals surface area contributed by atoms with Gasteiger partial charge in [-0.3, -0.25) is 37.3 Å². The van der Waals surface area contributed by atoms with Gasteiger partial charge in [0.05, 0.1) is 32.8 Å². The second kappa shape index (κ2) is 69.0. The van der Waals surface area contributed by atoms with Gasteiger partial charge in [0.15, 0.2) is 12.2 Å². The van der Waals surface area contributed by atoms with Crippen LogP contribution in [0.3, 0.4) is 0 Å². The molecular weight excluding hydrogens is 1260 g/mol. The lowest BCUT2D eigenvalue weighted by Gasteiger charge is -2.21. The van der Waals surface area contributed by atoms with Gasteiger partial charge in [-0.2, -0.15) is 0 Å². The Morgan fingerprint density at radius 2 is 0.583 bits per heavy atom. The third-order valence-electron chi connectivity index (χ3n) is 15.0. The Balaban J connectivity index is 5.41. The maximum atomic E-state index is 13.0. The molecule has 0 saturated carbocycles. The molecule has 0 fully saturated rings. The van der Waals surface area contributed by atoms with Crippen molar-refractivity contribution in [3.05, 3.63) is 122 Å². The SMILES string of the molecule is CC/C=C\C/C=C\C/C=C\C/C=C\C/C=C\CC(=O)OCC(COP(=O)(O)OCC(O)COP(=O)(O)OCC(COC(=O)CCCCCC/C=C\C/C=C\C/C=C\C/C=C\CC)OC(=O)CCCCCCC/C=C\CCCCCC)OC(=O)CCCCCCCCCCCCC. The van der Waals surface area contributed by atoms with Crippen LogP contribution >= 0.6 is 15.6 Å². The molecule has 0 aliphatic heterocycles. The first-order chi connectivity index (χ1) is 46.7. The number of phosphoric acid groups is 2. The van der Waals surface area contributed by atoms with Crippen LogP contribution in [-0.2, 0) is 65.4 Å². The number of esters is 4. The van der Waals surface area contributed by atoms with Crippen molar-refractivity contribution in [1.29, 1.82) is 0 Å². The van der Waals surface area contributed by atoms with E-state index in [1.165, 1.54) is 64.2 Å². The van der Waals surface area contributed by atoms with Crippen LogP contribution in [0.15, 0.2) is 122 Å². The summed E-state index contributed by atoms with van der Waals surface area (Å²) in [6.07, 6.45) is 73.8. The number of rotatable bonds is 68. The summed E-state index contributed by atoms with van der Waals surface area (Å²) in [5, 5.41) is 10.6. The highest BCUT2D eigenvalue weighted by molar-refractivity contribution is 7.47. The first-order valence-electron chi connectivity index (χ1n) is 36.8. The largest absolute Gasteiger partial charge is 0.472 e. The van der Waals surface area contributed by atoms with E-state index in [2.05, 4.69) is 125 Å². The molecule has 19 heteroatoms. The van der Waals surface area contributed by atoms with Crippen molar-refractivity contribution < 1.29 is 80.2 Å². The summed E-state index contributed by atoms with van der Waals surface area (Å²) < 4.78 is 68.2. The second-order valence-corrected chi connectivity index (χ2v) is 27.0. The van der Waals surface area contributed by atoms with E-state index in [0.29, 0.717) is 25.7 Å². The fraction of sp³-hybridized carbons (Fsp3) is 0.688. The maximum Gasteiger partial charge on any atom is 0.472 e. The zero-order valence-corrected chi connectivity index (χ0v) is 61.5. The van der Waals surface area contributed by atoms with Crippen LogP contribution in [0.25, 0.3) is 0 Å². The van der Waals surface area contributed by atoms with Gasteiger partial charge in [0, 0.05) is 19.3 Å². The number of carbonyl (C=O) groups is 4.